The Labute approximate surface area is 107 Å². The van der Waals surface area contributed by atoms with Crippen molar-refractivity contribution in [3.05, 3.63) is 28.6 Å². The molecule has 0 aromatic carbocycles. The van der Waals surface area contributed by atoms with Gasteiger partial charge in [-0.25, -0.2) is 0 Å². The average Bonchev–Trinajstić information content (AvgIpc) is 2.27. The Bertz CT molecular complexity index is 426. The summed E-state index contributed by atoms with van der Waals surface area (Å²) < 4.78 is 0. The molecule has 2 atom stereocenters. The molecule has 1 heterocycles. The maximum absolute atomic E-state index is 10.9. The molecule has 2 unspecified atom stereocenters. The van der Waals surface area contributed by atoms with Crippen LogP contribution in [-0.4, -0.2) is 15.9 Å². The Kier molecular flexibility index (Phi) is 3.79. The van der Waals surface area contributed by atoms with Gasteiger partial charge >= 0.3 is 5.69 Å². The van der Waals surface area contributed by atoms with Crippen LogP contribution in [-0.2, 0) is 0 Å². The number of hydrogen-bond donors (Lipinski definition) is 1. The Morgan fingerprint density at radius 1 is 1.33 bits per heavy atom. The number of anilines is 1. The van der Waals surface area contributed by atoms with Gasteiger partial charge in [-0.05, 0) is 37.2 Å². The fourth-order valence-corrected chi connectivity index (χ4v) is 2.94. The van der Waals surface area contributed by atoms with E-state index in [0.29, 0.717) is 23.6 Å². The minimum Gasteiger partial charge on any atom is -0.377 e. The van der Waals surface area contributed by atoms with E-state index in [1.165, 1.54) is 12.6 Å². The van der Waals surface area contributed by atoms with Crippen LogP contribution in [0.15, 0.2) is 18.5 Å². The molecule has 1 aliphatic carbocycles. The predicted octanol–water partition coefficient (Wildman–Crippen LogP) is 3.23. The van der Waals surface area contributed by atoms with Crippen molar-refractivity contribution in [2.24, 2.45) is 11.8 Å². The zero-order valence-electron chi connectivity index (χ0n) is 10.8. The van der Waals surface area contributed by atoms with Gasteiger partial charge in [0.05, 0.1) is 4.92 Å². The fraction of sp³-hybridized carbons (Fsp3) is 0.615. The molecule has 0 radical (unpaired) electrons. The molecule has 0 spiro atoms. The molecule has 18 heavy (non-hydrogen) atoms. The summed E-state index contributed by atoms with van der Waals surface area (Å²) in [5.41, 5.74) is 0.643. The molecule has 0 aliphatic heterocycles. The zero-order chi connectivity index (χ0) is 13.1. The molecule has 1 N–H and O–H groups in total. The molecule has 2 rings (SSSR count). The van der Waals surface area contributed by atoms with Crippen molar-refractivity contribution in [1.82, 2.24) is 4.98 Å². The van der Waals surface area contributed by atoms with E-state index in [4.69, 9.17) is 0 Å². The summed E-state index contributed by atoms with van der Waals surface area (Å²) in [6.45, 7) is 4.48. The third kappa shape index (κ3) is 2.97. The number of nitrogens with zero attached hydrogens (tertiary/aromatic N) is 2. The largest absolute Gasteiger partial charge is 0.377 e. The molecule has 1 aliphatic rings. The van der Waals surface area contributed by atoms with Crippen LogP contribution >= 0.6 is 0 Å². The monoisotopic (exact) mass is 249 g/mol. The highest BCUT2D eigenvalue weighted by Crippen LogP contribution is 2.32. The summed E-state index contributed by atoms with van der Waals surface area (Å²) in [5, 5.41) is 14.2. The van der Waals surface area contributed by atoms with Gasteiger partial charge in [0.2, 0.25) is 0 Å². The predicted molar refractivity (Wildman–Crippen MR) is 70.5 cm³/mol. The van der Waals surface area contributed by atoms with Crippen LogP contribution in [0.25, 0.3) is 0 Å². The first-order chi connectivity index (χ1) is 8.56. The van der Waals surface area contributed by atoms with Crippen molar-refractivity contribution in [2.75, 3.05) is 5.32 Å². The quantitative estimate of drug-likeness (QED) is 0.659. The molecule has 1 aromatic rings. The van der Waals surface area contributed by atoms with Crippen molar-refractivity contribution >= 4 is 11.4 Å². The lowest BCUT2D eigenvalue weighted by Crippen LogP contribution is -2.30. The maximum Gasteiger partial charge on any atom is 0.310 e. The van der Waals surface area contributed by atoms with Crippen LogP contribution in [0.5, 0.6) is 0 Å². The van der Waals surface area contributed by atoms with Gasteiger partial charge in [-0.1, -0.05) is 13.8 Å². The van der Waals surface area contributed by atoms with Crippen molar-refractivity contribution in [3.63, 3.8) is 0 Å². The lowest BCUT2D eigenvalue weighted by Gasteiger charge is -2.32. The highest BCUT2D eigenvalue weighted by atomic mass is 16.6. The standard InChI is InChI=1S/C13H19N3O2/c1-9-5-10(2)7-11(6-9)15-12-3-4-14-8-13(12)16(17)18/h3-4,8-11H,5-7H2,1-2H3,(H,14,15). The van der Waals surface area contributed by atoms with Crippen LogP contribution in [0.3, 0.4) is 0 Å². The van der Waals surface area contributed by atoms with E-state index >= 15 is 0 Å². The van der Waals surface area contributed by atoms with Gasteiger partial charge in [0, 0.05) is 12.2 Å². The van der Waals surface area contributed by atoms with E-state index in [2.05, 4.69) is 24.1 Å². The van der Waals surface area contributed by atoms with Gasteiger partial charge in [0.25, 0.3) is 0 Å². The van der Waals surface area contributed by atoms with Crippen LogP contribution in [0.1, 0.15) is 33.1 Å². The number of pyridine rings is 1. The first-order valence-electron chi connectivity index (χ1n) is 6.41. The van der Waals surface area contributed by atoms with Gasteiger partial charge in [-0.2, -0.15) is 0 Å². The smallest absolute Gasteiger partial charge is 0.310 e. The molecule has 5 nitrogen and oxygen atoms in total. The van der Waals surface area contributed by atoms with Crippen molar-refractivity contribution < 1.29 is 4.92 Å². The second-order valence-electron chi connectivity index (χ2n) is 5.41. The topological polar surface area (TPSA) is 68.1 Å². The molecule has 5 heteroatoms. The number of aromatic nitrogens is 1. The third-order valence-corrected chi connectivity index (χ3v) is 3.53. The second kappa shape index (κ2) is 5.33. The minimum absolute atomic E-state index is 0.0587. The average molecular weight is 249 g/mol. The Balaban J connectivity index is 2.11. The number of nitro groups is 1. The molecule has 0 saturated heterocycles. The van der Waals surface area contributed by atoms with Crippen molar-refractivity contribution in [3.8, 4) is 0 Å². The van der Waals surface area contributed by atoms with Gasteiger partial charge in [0.15, 0.2) is 0 Å². The Morgan fingerprint density at radius 2 is 2.00 bits per heavy atom. The van der Waals surface area contributed by atoms with Crippen molar-refractivity contribution in [2.45, 2.75) is 39.2 Å². The van der Waals surface area contributed by atoms with Crippen LogP contribution in [0.4, 0.5) is 11.4 Å². The first-order valence-corrected chi connectivity index (χ1v) is 6.41. The summed E-state index contributed by atoms with van der Waals surface area (Å²) in [4.78, 5) is 14.3. The lowest BCUT2D eigenvalue weighted by atomic mass is 9.80. The Morgan fingerprint density at radius 3 is 2.61 bits per heavy atom. The lowest BCUT2D eigenvalue weighted by molar-refractivity contribution is -0.384. The van der Waals surface area contributed by atoms with Gasteiger partial charge in [0.1, 0.15) is 11.9 Å². The van der Waals surface area contributed by atoms with E-state index in [-0.39, 0.29) is 10.6 Å². The summed E-state index contributed by atoms with van der Waals surface area (Å²) in [7, 11) is 0. The Hall–Kier alpha value is -1.65. The third-order valence-electron chi connectivity index (χ3n) is 3.53. The molecule has 1 saturated carbocycles. The van der Waals surface area contributed by atoms with E-state index in [9.17, 15) is 10.1 Å². The number of hydrogen-bond acceptors (Lipinski definition) is 4. The van der Waals surface area contributed by atoms with E-state index in [1.54, 1.807) is 12.3 Å². The molecule has 0 bridgehead atoms. The molecule has 98 valence electrons. The normalized spacial score (nSPS) is 27.8. The van der Waals surface area contributed by atoms with Gasteiger partial charge in [-0.15, -0.1) is 0 Å². The highest BCUT2D eigenvalue weighted by molar-refractivity contribution is 5.60. The molecular weight excluding hydrogens is 230 g/mol. The van der Waals surface area contributed by atoms with E-state index in [1.807, 2.05) is 0 Å². The summed E-state index contributed by atoms with van der Waals surface area (Å²) in [6.07, 6.45) is 6.29. The highest BCUT2D eigenvalue weighted by Gasteiger charge is 2.25. The maximum atomic E-state index is 10.9. The van der Waals surface area contributed by atoms with Gasteiger partial charge in [-0.3, -0.25) is 15.1 Å². The van der Waals surface area contributed by atoms with Gasteiger partial charge < -0.3 is 5.32 Å². The molecule has 1 aromatic heterocycles. The number of nitrogens with one attached hydrogen (secondary N) is 1. The van der Waals surface area contributed by atoms with Crippen LogP contribution < -0.4 is 5.32 Å². The summed E-state index contributed by atoms with van der Waals surface area (Å²) >= 11 is 0. The van der Waals surface area contributed by atoms with E-state index < -0.39 is 0 Å². The van der Waals surface area contributed by atoms with Crippen LogP contribution in [0.2, 0.25) is 0 Å². The minimum atomic E-state index is -0.384. The van der Waals surface area contributed by atoms with Crippen LogP contribution in [0, 0.1) is 22.0 Å². The number of rotatable bonds is 3. The molecule has 1 fully saturated rings. The SMILES string of the molecule is CC1CC(C)CC(Nc2ccncc2[N+](=O)[O-])C1. The fourth-order valence-electron chi connectivity index (χ4n) is 2.94. The molecular formula is C13H19N3O2. The first kappa shape index (κ1) is 12.8. The second-order valence-corrected chi connectivity index (χ2v) is 5.41. The summed E-state index contributed by atoms with van der Waals surface area (Å²) in [6, 6.07) is 2.01. The summed E-state index contributed by atoms with van der Waals surface area (Å²) in [5.74, 6) is 1.35. The molecule has 0 amide bonds. The van der Waals surface area contributed by atoms with E-state index in [0.717, 1.165) is 12.8 Å². The zero-order valence-corrected chi connectivity index (χ0v) is 10.8. The van der Waals surface area contributed by atoms with Crippen molar-refractivity contribution in [1.29, 1.82) is 0 Å².